The molecule has 6 nitrogen and oxygen atoms in total. The van der Waals surface area contributed by atoms with Crippen molar-refractivity contribution in [2.75, 3.05) is 0 Å². The van der Waals surface area contributed by atoms with Crippen LogP contribution >= 0.6 is 23.1 Å². The highest BCUT2D eigenvalue weighted by Crippen LogP contribution is 2.37. The van der Waals surface area contributed by atoms with Crippen LogP contribution in [0, 0.1) is 6.92 Å². The van der Waals surface area contributed by atoms with Crippen molar-refractivity contribution in [1.82, 2.24) is 24.8 Å². The summed E-state index contributed by atoms with van der Waals surface area (Å²) in [4.78, 5) is 19.3. The van der Waals surface area contributed by atoms with Crippen LogP contribution in [-0.2, 0) is 6.54 Å². The van der Waals surface area contributed by atoms with Crippen molar-refractivity contribution >= 4 is 29.0 Å². The molecule has 2 unspecified atom stereocenters. The molecular weight excluding hydrogens is 358 g/mol. The van der Waals surface area contributed by atoms with Crippen LogP contribution in [0.4, 0.5) is 0 Å². The second-order valence-corrected chi connectivity index (χ2v) is 8.21. The summed E-state index contributed by atoms with van der Waals surface area (Å²) >= 11 is 7.39. The summed E-state index contributed by atoms with van der Waals surface area (Å²) in [6, 6.07) is 6.67. The number of hydrogen-bond donors (Lipinski definition) is 1. The fraction of sp³-hybridized carbons (Fsp3) is 0.529. The van der Waals surface area contributed by atoms with E-state index in [1.54, 1.807) is 6.07 Å². The van der Waals surface area contributed by atoms with Gasteiger partial charge in [-0.15, -0.1) is 5.10 Å². The van der Waals surface area contributed by atoms with Gasteiger partial charge in [0, 0.05) is 41.9 Å². The first-order chi connectivity index (χ1) is 12.1. The lowest BCUT2D eigenvalue weighted by molar-refractivity contribution is 0.0820. The average Bonchev–Trinajstić information content (AvgIpc) is 3.08. The highest BCUT2D eigenvalue weighted by molar-refractivity contribution is 7.10. The molecule has 132 valence electrons. The molecule has 25 heavy (non-hydrogen) atoms. The van der Waals surface area contributed by atoms with Gasteiger partial charge in [-0.1, -0.05) is 22.2 Å². The van der Waals surface area contributed by atoms with Gasteiger partial charge >= 0.3 is 0 Å². The zero-order chi connectivity index (χ0) is 17.4. The SMILES string of the molecule is Cc1cccc(C(=O)NC2CC3CCC(C2)N3Cc2nnsc2Cl)n1. The fourth-order valence-corrected chi connectivity index (χ4v) is 4.66. The second-order valence-electron chi connectivity index (χ2n) is 6.86. The number of amides is 1. The quantitative estimate of drug-likeness (QED) is 0.887. The molecule has 2 fully saturated rings. The number of rotatable bonds is 4. The van der Waals surface area contributed by atoms with E-state index in [4.69, 9.17) is 11.6 Å². The Morgan fingerprint density at radius 1 is 1.36 bits per heavy atom. The summed E-state index contributed by atoms with van der Waals surface area (Å²) in [5.74, 6) is -0.0757. The van der Waals surface area contributed by atoms with E-state index in [2.05, 4.69) is 24.8 Å². The Hall–Kier alpha value is -1.57. The van der Waals surface area contributed by atoms with Crippen molar-refractivity contribution in [3.05, 3.63) is 39.6 Å². The summed E-state index contributed by atoms with van der Waals surface area (Å²) in [6.45, 7) is 2.65. The summed E-state index contributed by atoms with van der Waals surface area (Å²) in [6.07, 6.45) is 4.25. The molecule has 2 bridgehead atoms. The van der Waals surface area contributed by atoms with E-state index in [1.165, 1.54) is 11.5 Å². The van der Waals surface area contributed by atoms with E-state index in [9.17, 15) is 4.79 Å². The maximum atomic E-state index is 12.5. The van der Waals surface area contributed by atoms with Gasteiger partial charge < -0.3 is 5.32 Å². The molecule has 0 saturated carbocycles. The van der Waals surface area contributed by atoms with Crippen LogP contribution < -0.4 is 5.32 Å². The van der Waals surface area contributed by atoms with Crippen LogP contribution in [0.1, 0.15) is 47.6 Å². The van der Waals surface area contributed by atoms with Gasteiger partial charge in [0.25, 0.3) is 5.91 Å². The normalized spacial score (nSPS) is 25.9. The number of carbonyl (C=O) groups is 1. The predicted octanol–water partition coefficient (Wildman–Crippen LogP) is 2.82. The van der Waals surface area contributed by atoms with Gasteiger partial charge in [-0.3, -0.25) is 9.69 Å². The third kappa shape index (κ3) is 3.54. The minimum atomic E-state index is -0.0757. The van der Waals surface area contributed by atoms with Crippen molar-refractivity contribution in [3.63, 3.8) is 0 Å². The van der Waals surface area contributed by atoms with E-state index in [0.29, 0.717) is 22.1 Å². The average molecular weight is 378 g/mol. The summed E-state index contributed by atoms with van der Waals surface area (Å²) < 4.78 is 4.60. The van der Waals surface area contributed by atoms with Gasteiger partial charge in [0.05, 0.1) is 0 Å². The first kappa shape index (κ1) is 16.9. The number of piperidine rings is 1. The van der Waals surface area contributed by atoms with Gasteiger partial charge in [0.2, 0.25) is 0 Å². The number of pyridine rings is 1. The van der Waals surface area contributed by atoms with Crippen LogP contribution in [0.25, 0.3) is 0 Å². The Labute approximate surface area is 155 Å². The number of carbonyl (C=O) groups excluding carboxylic acids is 1. The Morgan fingerprint density at radius 3 is 2.76 bits per heavy atom. The first-order valence-electron chi connectivity index (χ1n) is 8.57. The molecule has 4 rings (SSSR count). The van der Waals surface area contributed by atoms with Crippen LogP contribution in [0.2, 0.25) is 4.34 Å². The van der Waals surface area contributed by atoms with Crippen LogP contribution in [0.15, 0.2) is 18.2 Å². The van der Waals surface area contributed by atoms with Crippen molar-refractivity contribution in [2.45, 2.75) is 57.3 Å². The third-order valence-corrected chi connectivity index (χ3v) is 6.17. The monoisotopic (exact) mass is 377 g/mol. The van der Waals surface area contributed by atoms with E-state index in [1.807, 2.05) is 19.1 Å². The lowest BCUT2D eigenvalue weighted by atomic mass is 9.97. The molecule has 0 spiro atoms. The molecule has 0 aromatic carbocycles. The van der Waals surface area contributed by atoms with Crippen LogP contribution in [-0.4, -0.2) is 43.5 Å². The minimum absolute atomic E-state index is 0.0757. The topological polar surface area (TPSA) is 71.0 Å². The number of nitrogens with one attached hydrogen (secondary N) is 1. The smallest absolute Gasteiger partial charge is 0.270 e. The Morgan fingerprint density at radius 2 is 2.12 bits per heavy atom. The van der Waals surface area contributed by atoms with Gasteiger partial charge in [-0.25, -0.2) is 4.98 Å². The van der Waals surface area contributed by atoms with Gasteiger partial charge in [-0.2, -0.15) is 0 Å². The lowest BCUT2D eigenvalue weighted by Gasteiger charge is -2.38. The van der Waals surface area contributed by atoms with Gasteiger partial charge in [0.1, 0.15) is 15.7 Å². The second kappa shape index (κ2) is 6.97. The largest absolute Gasteiger partial charge is 0.348 e. The molecule has 2 aliphatic heterocycles. The molecule has 2 aromatic heterocycles. The molecule has 2 aromatic rings. The number of aryl methyl sites for hydroxylation is 1. The molecule has 0 radical (unpaired) electrons. The number of aromatic nitrogens is 3. The molecular formula is C17H20ClN5OS. The summed E-state index contributed by atoms with van der Waals surface area (Å²) in [5, 5.41) is 7.31. The molecule has 2 saturated heterocycles. The van der Waals surface area contributed by atoms with Crippen molar-refractivity contribution < 1.29 is 4.79 Å². The molecule has 2 aliphatic rings. The fourth-order valence-electron chi connectivity index (χ4n) is 4.04. The standard InChI is InChI=1S/C17H20ClN5OS/c1-10-3-2-4-14(19-10)17(24)20-11-7-12-5-6-13(8-11)23(12)9-15-16(18)25-22-21-15/h2-4,11-13H,5-9H2,1H3,(H,20,24). The zero-order valence-electron chi connectivity index (χ0n) is 14.0. The predicted molar refractivity (Wildman–Crippen MR) is 96.7 cm³/mol. The molecule has 1 N–H and O–H groups in total. The van der Waals surface area contributed by atoms with E-state index in [0.717, 1.165) is 43.6 Å². The van der Waals surface area contributed by atoms with Crippen molar-refractivity contribution in [3.8, 4) is 0 Å². The zero-order valence-corrected chi connectivity index (χ0v) is 15.6. The Kier molecular flexibility index (Phi) is 4.71. The molecule has 2 atom stereocenters. The van der Waals surface area contributed by atoms with E-state index >= 15 is 0 Å². The summed E-state index contributed by atoms with van der Waals surface area (Å²) in [5.41, 5.74) is 2.22. The molecule has 8 heteroatoms. The number of halogens is 1. The molecule has 1 amide bonds. The summed E-state index contributed by atoms with van der Waals surface area (Å²) in [7, 11) is 0. The number of fused-ring (bicyclic) bond motifs is 2. The van der Waals surface area contributed by atoms with Gasteiger partial charge in [-0.05, 0) is 44.7 Å². The van der Waals surface area contributed by atoms with Crippen molar-refractivity contribution in [1.29, 1.82) is 0 Å². The highest BCUT2D eigenvalue weighted by atomic mass is 35.5. The van der Waals surface area contributed by atoms with Crippen LogP contribution in [0.3, 0.4) is 0 Å². The Balaban J connectivity index is 1.40. The number of hydrogen-bond acceptors (Lipinski definition) is 6. The van der Waals surface area contributed by atoms with Crippen molar-refractivity contribution in [2.24, 2.45) is 0 Å². The lowest BCUT2D eigenvalue weighted by Crippen LogP contribution is -2.50. The first-order valence-corrected chi connectivity index (χ1v) is 9.72. The maximum absolute atomic E-state index is 12.5. The third-order valence-electron chi connectivity index (χ3n) is 5.18. The van der Waals surface area contributed by atoms with E-state index in [-0.39, 0.29) is 11.9 Å². The molecule has 0 aliphatic carbocycles. The molecule has 4 heterocycles. The maximum Gasteiger partial charge on any atom is 0.270 e. The number of nitrogens with zero attached hydrogens (tertiary/aromatic N) is 4. The highest BCUT2D eigenvalue weighted by Gasteiger charge is 2.41. The Bertz CT molecular complexity index is 768. The van der Waals surface area contributed by atoms with E-state index < -0.39 is 0 Å². The van der Waals surface area contributed by atoms with Gasteiger partial charge in [0.15, 0.2) is 0 Å². The van der Waals surface area contributed by atoms with Crippen LogP contribution in [0.5, 0.6) is 0 Å². The minimum Gasteiger partial charge on any atom is -0.348 e.